The van der Waals surface area contributed by atoms with Crippen molar-refractivity contribution in [2.45, 2.75) is 30.0 Å². The van der Waals surface area contributed by atoms with Crippen molar-refractivity contribution in [3.05, 3.63) is 83.2 Å². The van der Waals surface area contributed by atoms with Crippen molar-refractivity contribution in [2.24, 2.45) is 5.92 Å². The van der Waals surface area contributed by atoms with E-state index in [4.69, 9.17) is 4.74 Å². The molecule has 1 aromatic heterocycles. The number of piperidine rings is 1. The summed E-state index contributed by atoms with van der Waals surface area (Å²) >= 11 is 1.20. The van der Waals surface area contributed by atoms with Crippen LogP contribution in [0.15, 0.2) is 76.3 Å². The highest BCUT2D eigenvalue weighted by molar-refractivity contribution is 7.91. The molecule has 1 aliphatic rings. The molecule has 174 valence electrons. The molecule has 1 aliphatic heterocycles. The maximum Gasteiger partial charge on any atom is 0.252 e. The quantitative estimate of drug-likeness (QED) is 0.512. The molecule has 0 bridgehead atoms. The average Bonchev–Trinajstić information content (AvgIpc) is 3.40. The Morgan fingerprint density at radius 2 is 1.82 bits per heavy atom. The molecule has 1 amide bonds. The van der Waals surface area contributed by atoms with Crippen LogP contribution in [-0.2, 0) is 14.8 Å². The van der Waals surface area contributed by atoms with Crippen LogP contribution in [0.25, 0.3) is 0 Å². The fraction of sp³-hybridized carbons (Fsp3) is 0.320. The molecular weight excluding hydrogens is 456 g/mol. The minimum Gasteiger partial charge on any atom is -0.494 e. The number of benzene rings is 2. The summed E-state index contributed by atoms with van der Waals surface area (Å²) in [5.41, 5.74) is 1.91. The van der Waals surface area contributed by atoms with Gasteiger partial charge in [-0.2, -0.15) is 4.31 Å². The van der Waals surface area contributed by atoms with Gasteiger partial charge in [0, 0.05) is 13.1 Å². The van der Waals surface area contributed by atoms with E-state index in [0.29, 0.717) is 30.2 Å². The standard InChI is InChI=1S/C25H28N2O4S2/c1-2-31-22-14-12-20(13-15-22)24(19-8-4-3-5-9-19)26-25(28)21-10-6-16-27(18-21)33(29,30)23-11-7-17-32-23/h3-5,7-9,11-15,17,21,24H,2,6,10,16,18H2,1H3,(H,26,28). The van der Waals surface area contributed by atoms with E-state index in [1.54, 1.807) is 17.5 Å². The van der Waals surface area contributed by atoms with E-state index in [2.05, 4.69) is 5.32 Å². The van der Waals surface area contributed by atoms with Crippen molar-refractivity contribution in [2.75, 3.05) is 19.7 Å². The maximum atomic E-state index is 13.3. The number of amides is 1. The number of nitrogens with zero attached hydrogens (tertiary/aromatic N) is 1. The molecule has 1 fully saturated rings. The Balaban J connectivity index is 1.53. The van der Waals surface area contributed by atoms with Crippen LogP contribution in [0.3, 0.4) is 0 Å². The summed E-state index contributed by atoms with van der Waals surface area (Å²) in [5, 5.41) is 4.93. The zero-order valence-electron chi connectivity index (χ0n) is 18.5. The van der Waals surface area contributed by atoms with Gasteiger partial charge in [-0.3, -0.25) is 4.79 Å². The first-order valence-corrected chi connectivity index (χ1v) is 13.4. The zero-order chi connectivity index (χ0) is 23.3. The first-order chi connectivity index (χ1) is 16.0. The van der Waals surface area contributed by atoms with Crippen LogP contribution in [-0.4, -0.2) is 38.3 Å². The van der Waals surface area contributed by atoms with E-state index in [-0.39, 0.29) is 18.5 Å². The van der Waals surface area contributed by atoms with E-state index in [1.807, 2.05) is 61.5 Å². The third-order valence-corrected chi connectivity index (χ3v) is 9.03. The van der Waals surface area contributed by atoms with Crippen molar-refractivity contribution in [3.8, 4) is 5.75 Å². The van der Waals surface area contributed by atoms with Crippen molar-refractivity contribution >= 4 is 27.3 Å². The number of nitrogens with one attached hydrogen (secondary N) is 1. The first kappa shape index (κ1) is 23.5. The fourth-order valence-corrected chi connectivity index (χ4v) is 6.77. The fourth-order valence-electron chi connectivity index (χ4n) is 4.10. The van der Waals surface area contributed by atoms with E-state index >= 15 is 0 Å². The highest BCUT2D eigenvalue weighted by Crippen LogP contribution is 2.29. The number of rotatable bonds is 8. The van der Waals surface area contributed by atoms with Gasteiger partial charge in [-0.05, 0) is 54.5 Å². The number of carbonyl (C=O) groups excluding carboxylic acids is 1. The maximum absolute atomic E-state index is 13.3. The lowest BCUT2D eigenvalue weighted by atomic mass is 9.95. The van der Waals surface area contributed by atoms with Crippen molar-refractivity contribution in [1.82, 2.24) is 9.62 Å². The molecular formula is C25H28N2O4S2. The number of hydrogen-bond acceptors (Lipinski definition) is 5. The van der Waals surface area contributed by atoms with Gasteiger partial charge >= 0.3 is 0 Å². The molecule has 1 saturated heterocycles. The van der Waals surface area contributed by atoms with E-state index in [1.165, 1.54) is 15.6 Å². The summed E-state index contributed by atoms with van der Waals surface area (Å²) in [6, 6.07) is 20.5. The van der Waals surface area contributed by atoms with E-state index in [9.17, 15) is 13.2 Å². The molecule has 8 heteroatoms. The average molecular weight is 485 g/mol. The van der Waals surface area contributed by atoms with Gasteiger partial charge in [0.2, 0.25) is 5.91 Å². The Kier molecular flexibility index (Phi) is 7.47. The van der Waals surface area contributed by atoms with Gasteiger partial charge in [-0.1, -0.05) is 48.5 Å². The van der Waals surface area contributed by atoms with Gasteiger partial charge in [-0.25, -0.2) is 8.42 Å². The largest absolute Gasteiger partial charge is 0.494 e. The van der Waals surface area contributed by atoms with Crippen molar-refractivity contribution in [3.63, 3.8) is 0 Å². The summed E-state index contributed by atoms with van der Waals surface area (Å²) in [5.74, 6) is 0.243. The van der Waals surface area contributed by atoms with Crippen LogP contribution < -0.4 is 10.1 Å². The Bertz CT molecular complexity index is 1150. The highest BCUT2D eigenvalue weighted by Gasteiger charge is 2.34. The van der Waals surface area contributed by atoms with Crippen LogP contribution in [0.1, 0.15) is 36.9 Å². The molecule has 6 nitrogen and oxygen atoms in total. The number of sulfonamides is 1. The van der Waals surface area contributed by atoms with Crippen molar-refractivity contribution < 1.29 is 17.9 Å². The van der Waals surface area contributed by atoms with E-state index < -0.39 is 15.9 Å². The molecule has 0 spiro atoms. The lowest BCUT2D eigenvalue weighted by Gasteiger charge is -2.32. The molecule has 2 unspecified atom stereocenters. The third kappa shape index (κ3) is 5.46. The molecule has 4 rings (SSSR count). The first-order valence-electron chi connectivity index (χ1n) is 11.1. The van der Waals surface area contributed by atoms with Gasteiger partial charge in [0.05, 0.1) is 18.6 Å². The predicted octanol–water partition coefficient (Wildman–Crippen LogP) is 4.45. The summed E-state index contributed by atoms with van der Waals surface area (Å²) in [6.45, 7) is 3.15. The summed E-state index contributed by atoms with van der Waals surface area (Å²) in [4.78, 5) is 13.3. The lowest BCUT2D eigenvalue weighted by Crippen LogP contribution is -2.46. The molecule has 3 aromatic rings. The van der Waals surface area contributed by atoms with E-state index in [0.717, 1.165) is 16.9 Å². The normalized spacial score (nSPS) is 17.9. The molecule has 0 saturated carbocycles. The Morgan fingerprint density at radius 3 is 2.48 bits per heavy atom. The van der Waals surface area contributed by atoms with Gasteiger partial charge < -0.3 is 10.1 Å². The summed E-state index contributed by atoms with van der Waals surface area (Å²) in [6.07, 6.45) is 1.31. The van der Waals surface area contributed by atoms with Crippen LogP contribution in [0.2, 0.25) is 0 Å². The van der Waals surface area contributed by atoms with Crippen molar-refractivity contribution in [1.29, 1.82) is 0 Å². The number of hydrogen-bond donors (Lipinski definition) is 1. The van der Waals surface area contributed by atoms with Gasteiger partial charge in [0.1, 0.15) is 9.96 Å². The second kappa shape index (κ2) is 10.5. The molecule has 2 aromatic carbocycles. The molecule has 33 heavy (non-hydrogen) atoms. The summed E-state index contributed by atoms with van der Waals surface area (Å²) in [7, 11) is -3.57. The molecule has 0 aliphatic carbocycles. The van der Waals surface area contributed by atoms with Crippen LogP contribution >= 0.6 is 11.3 Å². The van der Waals surface area contributed by atoms with Crippen LogP contribution in [0.5, 0.6) is 5.75 Å². The second-order valence-corrected chi connectivity index (χ2v) is 11.1. The zero-order valence-corrected chi connectivity index (χ0v) is 20.1. The van der Waals surface area contributed by atoms with Crippen LogP contribution in [0, 0.1) is 5.92 Å². The third-order valence-electron chi connectivity index (χ3n) is 5.79. The lowest BCUT2D eigenvalue weighted by molar-refractivity contribution is -0.126. The van der Waals surface area contributed by atoms with Gasteiger partial charge in [0.15, 0.2) is 0 Å². The predicted molar refractivity (Wildman–Crippen MR) is 130 cm³/mol. The topological polar surface area (TPSA) is 75.7 Å². The number of ether oxygens (including phenoxy) is 1. The Hall–Kier alpha value is -2.68. The molecule has 0 radical (unpaired) electrons. The Morgan fingerprint density at radius 1 is 1.09 bits per heavy atom. The second-order valence-electron chi connectivity index (χ2n) is 7.99. The Labute approximate surface area is 199 Å². The minimum absolute atomic E-state index is 0.135. The molecule has 2 heterocycles. The SMILES string of the molecule is CCOc1ccc(C(NC(=O)C2CCCN(S(=O)(=O)c3cccs3)C2)c2ccccc2)cc1. The van der Waals surface area contributed by atoms with Crippen LogP contribution in [0.4, 0.5) is 0 Å². The highest BCUT2D eigenvalue weighted by atomic mass is 32.2. The molecule has 2 atom stereocenters. The van der Waals surface area contributed by atoms with Gasteiger partial charge in [-0.15, -0.1) is 11.3 Å². The number of carbonyl (C=O) groups is 1. The monoisotopic (exact) mass is 484 g/mol. The smallest absolute Gasteiger partial charge is 0.252 e. The minimum atomic E-state index is -3.57. The molecule has 1 N–H and O–H groups in total. The van der Waals surface area contributed by atoms with Gasteiger partial charge in [0.25, 0.3) is 10.0 Å². The summed E-state index contributed by atoms with van der Waals surface area (Å²) < 4.78 is 33.2. The number of thiophene rings is 1.